The normalized spacial score (nSPS) is 10.8. The molecule has 0 aliphatic heterocycles. The molecule has 2 aromatic rings. The average Bonchev–Trinajstić information content (AvgIpc) is 2.52. The van der Waals surface area contributed by atoms with Gasteiger partial charge < -0.3 is 10.5 Å². The van der Waals surface area contributed by atoms with E-state index >= 15 is 0 Å². The molecule has 0 unspecified atom stereocenters. The summed E-state index contributed by atoms with van der Waals surface area (Å²) in [4.78, 5) is 0.0557. The summed E-state index contributed by atoms with van der Waals surface area (Å²) in [5, 5.41) is 8.95. The highest BCUT2D eigenvalue weighted by molar-refractivity contribution is 7.80. The largest absolute Gasteiger partial charge is 0.489 e. The number of hydrogen-bond donors (Lipinski definition) is 1. The first-order valence-electron chi connectivity index (χ1n) is 6.47. The Morgan fingerprint density at radius 3 is 2.64 bits per heavy atom. The zero-order chi connectivity index (χ0) is 15.9. The van der Waals surface area contributed by atoms with Gasteiger partial charge in [-0.15, -0.1) is 0 Å². The lowest BCUT2D eigenvalue weighted by atomic mass is 10.1. The maximum Gasteiger partial charge on any atom is 0.123 e. The highest BCUT2D eigenvalue weighted by atomic mass is 32.1. The number of thiocarbonyl (C=S) groups is 1. The van der Waals surface area contributed by atoms with E-state index in [0.29, 0.717) is 12.4 Å². The van der Waals surface area contributed by atoms with E-state index in [4.69, 9.17) is 28.0 Å². The number of nitrogens with two attached hydrogens (primary N) is 1. The highest BCUT2D eigenvalue weighted by Crippen LogP contribution is 2.17. The van der Waals surface area contributed by atoms with E-state index in [1.165, 1.54) is 12.1 Å². The molecule has 5 heteroatoms. The van der Waals surface area contributed by atoms with Gasteiger partial charge in [-0.25, -0.2) is 4.39 Å². The number of hydrogen-bond acceptors (Lipinski definition) is 3. The molecule has 0 atom stereocenters. The van der Waals surface area contributed by atoms with Gasteiger partial charge in [0.1, 0.15) is 29.2 Å². The molecule has 2 rings (SSSR count). The second kappa shape index (κ2) is 7.34. The fraction of sp³-hybridized carbons (Fsp3) is 0.0588. The van der Waals surface area contributed by atoms with Crippen LogP contribution in [0.2, 0.25) is 0 Å². The van der Waals surface area contributed by atoms with Gasteiger partial charge in [-0.1, -0.05) is 36.5 Å². The van der Waals surface area contributed by atoms with Crippen LogP contribution in [0.4, 0.5) is 4.39 Å². The molecule has 0 aliphatic carbocycles. The molecule has 0 saturated carbocycles. The zero-order valence-electron chi connectivity index (χ0n) is 11.6. The van der Waals surface area contributed by atoms with Crippen molar-refractivity contribution in [3.63, 3.8) is 0 Å². The minimum absolute atomic E-state index is 0.0557. The third kappa shape index (κ3) is 4.40. The van der Waals surface area contributed by atoms with Crippen LogP contribution in [0, 0.1) is 17.1 Å². The minimum atomic E-state index is -0.280. The standard InChI is InChI=1S/C17H13FN2OS/c18-15-6-4-12(5-7-15)11-21-16-3-1-2-13(9-16)8-14(10-19)17(20)22/h1-9H,11H2,(H2,20,22)/b14-8+. The maximum atomic E-state index is 12.8. The summed E-state index contributed by atoms with van der Waals surface area (Å²) in [6, 6.07) is 15.3. The molecule has 0 radical (unpaired) electrons. The quantitative estimate of drug-likeness (QED) is 0.520. The summed E-state index contributed by atoms with van der Waals surface area (Å²) in [5.41, 5.74) is 7.33. The van der Waals surface area contributed by atoms with Crippen molar-refractivity contribution in [1.82, 2.24) is 0 Å². The summed E-state index contributed by atoms with van der Waals surface area (Å²) in [5.74, 6) is 0.357. The highest BCUT2D eigenvalue weighted by Gasteiger charge is 2.01. The van der Waals surface area contributed by atoms with Crippen LogP contribution < -0.4 is 10.5 Å². The Bertz CT molecular complexity index is 748. The first kappa shape index (κ1) is 15.7. The lowest BCUT2D eigenvalue weighted by Gasteiger charge is -2.07. The molecule has 3 nitrogen and oxygen atoms in total. The summed E-state index contributed by atoms with van der Waals surface area (Å²) in [6.45, 7) is 0.327. The third-order valence-corrected chi connectivity index (χ3v) is 3.09. The molecule has 2 N–H and O–H groups in total. The molecule has 0 amide bonds. The van der Waals surface area contributed by atoms with Gasteiger partial charge >= 0.3 is 0 Å². The zero-order valence-corrected chi connectivity index (χ0v) is 12.4. The molecule has 0 bridgehead atoms. The van der Waals surface area contributed by atoms with E-state index in [1.807, 2.05) is 12.1 Å². The number of ether oxygens (including phenoxy) is 1. The predicted molar refractivity (Wildman–Crippen MR) is 87.5 cm³/mol. The van der Waals surface area contributed by atoms with Gasteiger partial charge in [0.2, 0.25) is 0 Å². The van der Waals surface area contributed by atoms with Crippen molar-refractivity contribution in [1.29, 1.82) is 5.26 Å². The van der Waals surface area contributed by atoms with Crippen molar-refractivity contribution in [2.24, 2.45) is 5.73 Å². The van der Waals surface area contributed by atoms with E-state index in [0.717, 1.165) is 11.1 Å². The van der Waals surface area contributed by atoms with Crippen molar-refractivity contribution in [3.8, 4) is 11.8 Å². The van der Waals surface area contributed by atoms with Crippen LogP contribution in [0.1, 0.15) is 11.1 Å². The molecule has 0 saturated heterocycles. The van der Waals surface area contributed by atoms with Crippen molar-refractivity contribution in [2.75, 3.05) is 0 Å². The molecule has 2 aromatic carbocycles. The van der Waals surface area contributed by atoms with Crippen LogP contribution in [-0.2, 0) is 6.61 Å². The summed E-state index contributed by atoms with van der Waals surface area (Å²) >= 11 is 4.80. The summed E-state index contributed by atoms with van der Waals surface area (Å²) < 4.78 is 18.5. The third-order valence-electron chi connectivity index (χ3n) is 2.87. The van der Waals surface area contributed by atoms with E-state index in [2.05, 4.69) is 0 Å². The Labute approximate surface area is 133 Å². The molecule has 110 valence electrons. The van der Waals surface area contributed by atoms with E-state index in [-0.39, 0.29) is 16.4 Å². The Kier molecular flexibility index (Phi) is 5.23. The van der Waals surface area contributed by atoms with Crippen LogP contribution in [0.25, 0.3) is 6.08 Å². The Balaban J connectivity index is 2.10. The molecular weight excluding hydrogens is 299 g/mol. The number of nitriles is 1. The van der Waals surface area contributed by atoms with Crippen molar-refractivity contribution < 1.29 is 9.13 Å². The summed E-state index contributed by atoms with van der Waals surface area (Å²) in [7, 11) is 0. The lowest BCUT2D eigenvalue weighted by molar-refractivity contribution is 0.306. The first-order valence-corrected chi connectivity index (χ1v) is 6.88. The molecule has 22 heavy (non-hydrogen) atoms. The van der Waals surface area contributed by atoms with Crippen LogP contribution in [0.3, 0.4) is 0 Å². The Morgan fingerprint density at radius 1 is 1.27 bits per heavy atom. The average molecular weight is 312 g/mol. The molecular formula is C17H13FN2OS. The van der Waals surface area contributed by atoms with Gasteiger partial charge in [0.25, 0.3) is 0 Å². The number of nitrogens with zero attached hydrogens (tertiary/aromatic N) is 1. The predicted octanol–water partition coefficient (Wildman–Crippen LogP) is 3.60. The van der Waals surface area contributed by atoms with Gasteiger partial charge in [0.05, 0.1) is 5.57 Å². The molecule has 0 heterocycles. The topological polar surface area (TPSA) is 59.0 Å². The fourth-order valence-corrected chi connectivity index (χ4v) is 1.87. The minimum Gasteiger partial charge on any atom is -0.489 e. The van der Waals surface area contributed by atoms with Crippen LogP contribution in [0.15, 0.2) is 54.1 Å². The van der Waals surface area contributed by atoms with Gasteiger partial charge in [-0.3, -0.25) is 0 Å². The lowest BCUT2D eigenvalue weighted by Crippen LogP contribution is -2.09. The van der Waals surface area contributed by atoms with Gasteiger partial charge in [0.15, 0.2) is 0 Å². The van der Waals surface area contributed by atoms with Crippen molar-refractivity contribution in [2.45, 2.75) is 6.61 Å². The summed E-state index contributed by atoms with van der Waals surface area (Å²) in [6.07, 6.45) is 1.60. The molecule has 0 aromatic heterocycles. The van der Waals surface area contributed by atoms with E-state index < -0.39 is 0 Å². The number of halogens is 1. The van der Waals surface area contributed by atoms with Crippen molar-refractivity contribution >= 4 is 23.3 Å². The van der Waals surface area contributed by atoms with E-state index in [9.17, 15) is 4.39 Å². The Morgan fingerprint density at radius 2 is 2.00 bits per heavy atom. The maximum absolute atomic E-state index is 12.8. The Hall–Kier alpha value is -2.71. The number of rotatable bonds is 5. The van der Waals surface area contributed by atoms with Crippen LogP contribution >= 0.6 is 12.2 Å². The van der Waals surface area contributed by atoms with Crippen LogP contribution in [-0.4, -0.2) is 4.99 Å². The van der Waals surface area contributed by atoms with Crippen LogP contribution in [0.5, 0.6) is 5.75 Å². The first-order chi connectivity index (χ1) is 10.6. The molecule has 0 fully saturated rings. The second-order valence-electron chi connectivity index (χ2n) is 4.52. The fourth-order valence-electron chi connectivity index (χ4n) is 1.77. The smallest absolute Gasteiger partial charge is 0.123 e. The molecule has 0 aliphatic rings. The van der Waals surface area contributed by atoms with E-state index in [1.54, 1.807) is 36.4 Å². The SMILES string of the molecule is N#C/C(=C\c1cccc(OCc2ccc(F)cc2)c1)C(N)=S. The van der Waals surface area contributed by atoms with Crippen molar-refractivity contribution in [3.05, 3.63) is 71.0 Å². The molecule has 0 spiro atoms. The second-order valence-corrected chi connectivity index (χ2v) is 4.96. The van der Waals surface area contributed by atoms with Gasteiger partial charge in [-0.2, -0.15) is 5.26 Å². The van der Waals surface area contributed by atoms with Gasteiger partial charge in [0, 0.05) is 0 Å². The monoisotopic (exact) mass is 312 g/mol. The number of benzene rings is 2. The van der Waals surface area contributed by atoms with Gasteiger partial charge in [-0.05, 0) is 41.5 Å².